The third-order valence-electron chi connectivity index (χ3n) is 5.20. The first-order valence-electron chi connectivity index (χ1n) is 11.7. The summed E-state index contributed by atoms with van der Waals surface area (Å²) >= 11 is 12.4. The van der Waals surface area contributed by atoms with Crippen molar-refractivity contribution in [2.75, 3.05) is 11.9 Å². The molecule has 0 fully saturated rings. The Morgan fingerprint density at radius 2 is 1.72 bits per heavy atom. The fraction of sp³-hybridized carbons (Fsp3) is 0.296. The third-order valence-corrected chi connectivity index (χ3v) is 5.86. The molecular formula is C27H30Cl2N4O3. The van der Waals surface area contributed by atoms with Gasteiger partial charge in [-0.05, 0) is 62.6 Å². The number of carbonyl (C=O) groups excluding carboxylic acids is 1. The van der Waals surface area contributed by atoms with Gasteiger partial charge in [-0.1, -0.05) is 60.5 Å². The van der Waals surface area contributed by atoms with Crippen molar-refractivity contribution in [2.24, 2.45) is 0 Å². The van der Waals surface area contributed by atoms with Crippen LogP contribution in [0, 0.1) is 13.8 Å². The van der Waals surface area contributed by atoms with E-state index < -0.39 is 18.2 Å². The van der Waals surface area contributed by atoms with Gasteiger partial charge in [-0.2, -0.15) is 0 Å². The second-order valence-corrected chi connectivity index (χ2v) is 9.10. The number of anilines is 2. The summed E-state index contributed by atoms with van der Waals surface area (Å²) in [5.74, 6) is 0.0872. The molecule has 0 aliphatic heterocycles. The first-order chi connectivity index (χ1) is 17.3. The molecule has 3 rings (SSSR count). The van der Waals surface area contributed by atoms with Crippen molar-refractivity contribution in [3.8, 4) is 0 Å². The number of carbonyl (C=O) groups is 1. The van der Waals surface area contributed by atoms with E-state index in [1.807, 2.05) is 63.3 Å². The lowest BCUT2D eigenvalue weighted by Gasteiger charge is -2.22. The van der Waals surface area contributed by atoms with Gasteiger partial charge in [0.2, 0.25) is 5.95 Å². The van der Waals surface area contributed by atoms with Crippen molar-refractivity contribution in [2.45, 2.75) is 45.9 Å². The van der Waals surface area contributed by atoms with Crippen LogP contribution in [0.25, 0.3) is 6.08 Å². The van der Waals surface area contributed by atoms with Gasteiger partial charge < -0.3 is 15.2 Å². The molecule has 2 atom stereocenters. The molecule has 7 nitrogen and oxygen atoms in total. The Bertz CT molecular complexity index is 1160. The van der Waals surface area contributed by atoms with Crippen LogP contribution in [-0.4, -0.2) is 33.7 Å². The molecule has 0 aliphatic carbocycles. The molecule has 1 heterocycles. The topological polar surface area (TPSA) is 96.4 Å². The van der Waals surface area contributed by atoms with Crippen LogP contribution < -0.4 is 10.6 Å². The molecule has 2 unspecified atom stereocenters. The molecule has 0 aliphatic rings. The monoisotopic (exact) mass is 528 g/mol. The van der Waals surface area contributed by atoms with E-state index >= 15 is 0 Å². The van der Waals surface area contributed by atoms with Gasteiger partial charge in [-0.15, -0.1) is 0 Å². The Hall–Kier alpha value is -2.97. The lowest BCUT2D eigenvalue weighted by molar-refractivity contribution is -0.147. The second-order valence-electron chi connectivity index (χ2n) is 8.28. The molecule has 3 aromatic rings. The number of aromatic nitrogens is 2. The molecule has 1 aromatic heterocycles. The first-order valence-corrected chi connectivity index (χ1v) is 12.4. The molecule has 2 aromatic carbocycles. The van der Waals surface area contributed by atoms with Crippen LogP contribution in [-0.2, 0) is 9.53 Å². The second kappa shape index (κ2) is 13.4. The van der Waals surface area contributed by atoms with E-state index in [4.69, 9.17) is 27.9 Å². The highest BCUT2D eigenvalue weighted by atomic mass is 35.5. The van der Waals surface area contributed by atoms with Crippen LogP contribution in [0.1, 0.15) is 48.5 Å². The highest BCUT2D eigenvalue weighted by Crippen LogP contribution is 2.29. The summed E-state index contributed by atoms with van der Waals surface area (Å²) < 4.78 is 5.31. The summed E-state index contributed by atoms with van der Waals surface area (Å²) in [5.41, 5.74) is 3.91. The molecule has 0 bridgehead atoms. The zero-order valence-electron chi connectivity index (χ0n) is 20.5. The maximum atomic E-state index is 12.6. The molecule has 3 N–H and O–H groups in total. The number of benzene rings is 2. The van der Waals surface area contributed by atoms with Gasteiger partial charge in [0.15, 0.2) is 0 Å². The third kappa shape index (κ3) is 8.03. The molecule has 0 spiro atoms. The summed E-state index contributed by atoms with van der Waals surface area (Å²) in [5, 5.41) is 17.4. The minimum absolute atomic E-state index is 0.290. The van der Waals surface area contributed by atoms with E-state index in [1.165, 1.54) is 0 Å². The zero-order valence-corrected chi connectivity index (χ0v) is 22.0. The predicted octanol–water partition coefficient (Wildman–Crippen LogP) is 6.15. The van der Waals surface area contributed by atoms with Crippen molar-refractivity contribution >= 4 is 46.9 Å². The van der Waals surface area contributed by atoms with E-state index in [0.717, 1.165) is 22.6 Å². The van der Waals surface area contributed by atoms with Crippen molar-refractivity contribution in [3.05, 3.63) is 87.2 Å². The highest BCUT2D eigenvalue weighted by molar-refractivity contribution is 6.36. The van der Waals surface area contributed by atoms with Crippen LogP contribution >= 0.6 is 23.2 Å². The van der Waals surface area contributed by atoms with Crippen LogP contribution in [0.5, 0.6) is 0 Å². The van der Waals surface area contributed by atoms with Gasteiger partial charge in [-0.25, -0.2) is 9.97 Å². The molecule has 0 saturated carbocycles. The Kier molecular flexibility index (Phi) is 10.3. The van der Waals surface area contributed by atoms with Crippen molar-refractivity contribution in [1.82, 2.24) is 15.3 Å². The number of ether oxygens (including phenoxy) is 1. The lowest BCUT2D eigenvalue weighted by atomic mass is 10.1. The normalized spacial score (nSPS) is 12.9. The first kappa shape index (κ1) is 27.6. The Balaban J connectivity index is 1.66. The largest absolute Gasteiger partial charge is 0.465 e. The van der Waals surface area contributed by atoms with Gasteiger partial charge in [0, 0.05) is 32.7 Å². The number of hydrogen-bond acceptors (Lipinski definition) is 7. The number of aliphatic hydroxyl groups is 1. The van der Waals surface area contributed by atoms with E-state index in [0.29, 0.717) is 34.6 Å². The van der Waals surface area contributed by atoms with Crippen molar-refractivity contribution in [1.29, 1.82) is 0 Å². The van der Waals surface area contributed by atoms with Gasteiger partial charge in [-0.3, -0.25) is 10.1 Å². The molecule has 0 amide bonds. The molecule has 0 radical (unpaired) electrons. The number of aryl methyl sites for hydroxylation is 2. The maximum absolute atomic E-state index is 12.6. The Morgan fingerprint density at radius 3 is 2.33 bits per heavy atom. The van der Waals surface area contributed by atoms with Crippen molar-refractivity contribution in [3.63, 3.8) is 0 Å². The quantitative estimate of drug-likeness (QED) is 0.203. The zero-order chi connectivity index (χ0) is 26.1. The van der Waals surface area contributed by atoms with Gasteiger partial charge in [0.1, 0.15) is 12.3 Å². The molecule has 190 valence electrons. The average Bonchev–Trinajstić information content (AvgIpc) is 2.82. The minimum atomic E-state index is -1.24. The molecule has 9 heteroatoms. The fourth-order valence-electron chi connectivity index (χ4n) is 3.51. The average molecular weight is 529 g/mol. The summed E-state index contributed by atoms with van der Waals surface area (Å²) in [4.78, 5) is 21.4. The summed E-state index contributed by atoms with van der Waals surface area (Å²) in [6, 6.07) is 13.8. The number of esters is 1. The van der Waals surface area contributed by atoms with E-state index in [2.05, 4.69) is 20.6 Å². The number of nitrogens with one attached hydrogen (secondary N) is 2. The summed E-state index contributed by atoms with van der Waals surface area (Å²) in [7, 11) is 0. The summed E-state index contributed by atoms with van der Waals surface area (Å²) in [6.45, 7) is 6.06. The maximum Gasteiger partial charge on any atom is 0.323 e. The SMILES string of the molecule is CCCOC(=O)C(C/C=C/c1ccc(Nc2nc(C)cc(C)n2)cc1)NC(O)c1c(Cl)cccc1Cl. The molecule has 36 heavy (non-hydrogen) atoms. The van der Waals surface area contributed by atoms with E-state index in [1.54, 1.807) is 18.2 Å². The molecule has 0 saturated heterocycles. The Morgan fingerprint density at radius 1 is 1.08 bits per heavy atom. The minimum Gasteiger partial charge on any atom is -0.465 e. The van der Waals surface area contributed by atoms with Gasteiger partial charge >= 0.3 is 5.97 Å². The number of halogens is 2. The van der Waals surface area contributed by atoms with Gasteiger partial charge in [0.25, 0.3) is 0 Å². The van der Waals surface area contributed by atoms with E-state index in [9.17, 15) is 9.90 Å². The Labute approximate surface area is 221 Å². The van der Waals surface area contributed by atoms with Crippen molar-refractivity contribution < 1.29 is 14.6 Å². The number of nitrogens with zero attached hydrogens (tertiary/aromatic N) is 2. The van der Waals surface area contributed by atoms with Crippen LogP contribution in [0.3, 0.4) is 0 Å². The molecular weight excluding hydrogens is 499 g/mol. The van der Waals surface area contributed by atoms with Gasteiger partial charge in [0.05, 0.1) is 6.61 Å². The fourth-order valence-corrected chi connectivity index (χ4v) is 4.11. The summed E-state index contributed by atoms with van der Waals surface area (Å²) in [6.07, 6.45) is 3.49. The smallest absolute Gasteiger partial charge is 0.323 e. The van der Waals surface area contributed by atoms with E-state index in [-0.39, 0.29) is 6.42 Å². The highest BCUT2D eigenvalue weighted by Gasteiger charge is 2.24. The lowest BCUT2D eigenvalue weighted by Crippen LogP contribution is -2.40. The van der Waals surface area contributed by atoms with Crippen LogP contribution in [0.15, 0.2) is 54.6 Å². The standard InChI is InChI=1S/C27H30Cl2N4O3/c1-4-15-36-26(35)23(33-25(34)24-21(28)8-6-9-22(24)29)10-5-7-19-11-13-20(14-12-19)32-27-30-17(2)16-18(3)31-27/h5-9,11-14,16,23,25,33-34H,4,10,15H2,1-3H3,(H,30,31,32)/b7-5+. The number of hydrogen-bond donors (Lipinski definition) is 3. The van der Waals surface area contributed by atoms with Crippen LogP contribution in [0.2, 0.25) is 10.0 Å². The number of aliphatic hydroxyl groups excluding tert-OH is 1. The number of rotatable bonds is 11. The van der Waals surface area contributed by atoms with Crippen LogP contribution in [0.4, 0.5) is 11.6 Å². The predicted molar refractivity (Wildman–Crippen MR) is 144 cm³/mol.